The van der Waals surface area contributed by atoms with E-state index in [0.29, 0.717) is 13.2 Å². The average Bonchev–Trinajstić information content (AvgIpc) is 2.70. The van der Waals surface area contributed by atoms with E-state index in [4.69, 9.17) is 10.5 Å². The monoisotopic (exact) mass is 254 g/mol. The molecule has 2 aliphatic rings. The minimum Gasteiger partial charge on any atom is -0.375 e. The third-order valence-electron chi connectivity index (χ3n) is 4.72. The van der Waals surface area contributed by atoms with Crippen molar-refractivity contribution in [2.75, 3.05) is 13.2 Å². The van der Waals surface area contributed by atoms with Crippen molar-refractivity contribution >= 4 is 5.91 Å². The predicted octanol–water partition coefficient (Wildman–Crippen LogP) is 1.53. The summed E-state index contributed by atoms with van der Waals surface area (Å²) in [4.78, 5) is 14.9. The Balaban J connectivity index is 2.15. The first-order chi connectivity index (χ1) is 8.49. The molecule has 1 saturated carbocycles. The van der Waals surface area contributed by atoms with E-state index in [0.717, 1.165) is 25.7 Å². The van der Waals surface area contributed by atoms with E-state index in [2.05, 4.69) is 6.92 Å². The average molecular weight is 254 g/mol. The van der Waals surface area contributed by atoms with Crippen LogP contribution in [0.25, 0.3) is 0 Å². The third-order valence-corrected chi connectivity index (χ3v) is 4.72. The number of morpholine rings is 1. The molecule has 1 aliphatic heterocycles. The fourth-order valence-electron chi connectivity index (χ4n) is 3.22. The lowest BCUT2D eigenvalue weighted by molar-refractivity contribution is -0.154. The van der Waals surface area contributed by atoms with Crippen molar-refractivity contribution in [3.63, 3.8) is 0 Å². The first-order valence-electron chi connectivity index (χ1n) is 7.17. The molecule has 0 aromatic heterocycles. The number of carbonyl (C=O) groups is 1. The van der Waals surface area contributed by atoms with Gasteiger partial charge in [-0.15, -0.1) is 0 Å². The van der Waals surface area contributed by atoms with Crippen molar-refractivity contribution in [3.8, 4) is 0 Å². The van der Waals surface area contributed by atoms with Gasteiger partial charge < -0.3 is 15.4 Å². The highest BCUT2D eigenvalue weighted by Gasteiger charge is 2.47. The van der Waals surface area contributed by atoms with Gasteiger partial charge >= 0.3 is 0 Å². The zero-order valence-electron chi connectivity index (χ0n) is 11.8. The SMILES string of the molecule is CCC1COC(C)CN1C(=O)C1(C)CCCC1N. The molecule has 1 amide bonds. The Labute approximate surface area is 110 Å². The van der Waals surface area contributed by atoms with Gasteiger partial charge in [0.1, 0.15) is 0 Å². The van der Waals surface area contributed by atoms with Crippen molar-refractivity contribution in [1.29, 1.82) is 0 Å². The van der Waals surface area contributed by atoms with E-state index < -0.39 is 0 Å². The maximum Gasteiger partial charge on any atom is 0.230 e. The van der Waals surface area contributed by atoms with Gasteiger partial charge in [-0.2, -0.15) is 0 Å². The van der Waals surface area contributed by atoms with E-state index in [1.807, 2.05) is 18.7 Å². The molecule has 2 N–H and O–H groups in total. The highest BCUT2D eigenvalue weighted by molar-refractivity contribution is 5.84. The second kappa shape index (κ2) is 5.17. The smallest absolute Gasteiger partial charge is 0.230 e. The van der Waals surface area contributed by atoms with Crippen LogP contribution in [0.5, 0.6) is 0 Å². The number of nitrogens with zero attached hydrogens (tertiary/aromatic N) is 1. The minimum absolute atomic E-state index is 0.0145. The summed E-state index contributed by atoms with van der Waals surface area (Å²) >= 11 is 0. The van der Waals surface area contributed by atoms with Gasteiger partial charge in [0.25, 0.3) is 0 Å². The second-order valence-electron chi connectivity index (χ2n) is 6.08. The molecule has 0 aromatic rings. The van der Waals surface area contributed by atoms with Gasteiger partial charge in [0.15, 0.2) is 0 Å². The lowest BCUT2D eigenvalue weighted by Gasteiger charge is -2.43. The molecule has 2 rings (SSSR count). The molecule has 4 nitrogen and oxygen atoms in total. The number of carbonyl (C=O) groups excluding carboxylic acids is 1. The highest BCUT2D eigenvalue weighted by atomic mass is 16.5. The summed E-state index contributed by atoms with van der Waals surface area (Å²) in [6.45, 7) is 7.55. The topological polar surface area (TPSA) is 55.6 Å². The van der Waals surface area contributed by atoms with Crippen LogP contribution < -0.4 is 5.73 Å². The van der Waals surface area contributed by atoms with Gasteiger partial charge in [0.05, 0.1) is 24.2 Å². The van der Waals surface area contributed by atoms with Gasteiger partial charge in [0.2, 0.25) is 5.91 Å². The Morgan fingerprint density at radius 1 is 1.56 bits per heavy atom. The van der Waals surface area contributed by atoms with Crippen LogP contribution in [0.3, 0.4) is 0 Å². The van der Waals surface area contributed by atoms with Crippen LogP contribution in [0.1, 0.15) is 46.5 Å². The number of hydrogen-bond acceptors (Lipinski definition) is 3. The molecule has 104 valence electrons. The largest absolute Gasteiger partial charge is 0.375 e. The van der Waals surface area contributed by atoms with Crippen molar-refractivity contribution in [1.82, 2.24) is 4.90 Å². The van der Waals surface area contributed by atoms with Gasteiger partial charge in [-0.25, -0.2) is 0 Å². The zero-order chi connectivity index (χ0) is 13.3. The van der Waals surface area contributed by atoms with E-state index in [-0.39, 0.29) is 29.5 Å². The summed E-state index contributed by atoms with van der Waals surface area (Å²) < 4.78 is 5.66. The van der Waals surface area contributed by atoms with Gasteiger partial charge in [-0.05, 0) is 33.1 Å². The van der Waals surface area contributed by atoms with Crippen molar-refractivity contribution in [2.45, 2.75) is 64.6 Å². The Hall–Kier alpha value is -0.610. The number of ether oxygens (including phenoxy) is 1. The van der Waals surface area contributed by atoms with Crippen molar-refractivity contribution in [3.05, 3.63) is 0 Å². The molecular weight excluding hydrogens is 228 g/mol. The molecule has 0 spiro atoms. The second-order valence-corrected chi connectivity index (χ2v) is 6.08. The van der Waals surface area contributed by atoms with Crippen LogP contribution in [0, 0.1) is 5.41 Å². The lowest BCUT2D eigenvalue weighted by atomic mass is 9.83. The van der Waals surface area contributed by atoms with Gasteiger partial charge in [0, 0.05) is 12.6 Å². The van der Waals surface area contributed by atoms with Crippen LogP contribution in [-0.2, 0) is 9.53 Å². The Bertz CT molecular complexity index is 321. The molecular formula is C14H26N2O2. The molecule has 2 fully saturated rings. The maximum atomic E-state index is 12.8. The van der Waals surface area contributed by atoms with E-state index in [1.165, 1.54) is 0 Å². The fraction of sp³-hybridized carbons (Fsp3) is 0.929. The molecule has 4 unspecified atom stereocenters. The highest BCUT2D eigenvalue weighted by Crippen LogP contribution is 2.39. The lowest BCUT2D eigenvalue weighted by Crippen LogP contribution is -2.57. The van der Waals surface area contributed by atoms with Crippen LogP contribution in [0.2, 0.25) is 0 Å². The van der Waals surface area contributed by atoms with E-state index in [1.54, 1.807) is 0 Å². The van der Waals surface area contributed by atoms with Gasteiger partial charge in [-0.3, -0.25) is 4.79 Å². The number of nitrogens with two attached hydrogens (primary N) is 1. The van der Waals surface area contributed by atoms with E-state index in [9.17, 15) is 4.79 Å². The number of hydrogen-bond donors (Lipinski definition) is 1. The molecule has 1 aliphatic carbocycles. The minimum atomic E-state index is -0.357. The zero-order valence-corrected chi connectivity index (χ0v) is 11.8. The molecule has 0 radical (unpaired) electrons. The molecule has 0 bridgehead atoms. The summed E-state index contributed by atoms with van der Waals surface area (Å²) in [5, 5.41) is 0. The summed E-state index contributed by atoms with van der Waals surface area (Å²) in [6, 6.07) is 0.235. The summed E-state index contributed by atoms with van der Waals surface area (Å²) in [5.74, 6) is 0.245. The summed E-state index contributed by atoms with van der Waals surface area (Å²) in [5.41, 5.74) is 5.81. The summed E-state index contributed by atoms with van der Waals surface area (Å²) in [6.07, 6.45) is 4.05. The third kappa shape index (κ3) is 2.28. The van der Waals surface area contributed by atoms with Crippen LogP contribution >= 0.6 is 0 Å². The molecule has 1 heterocycles. The number of rotatable bonds is 2. The van der Waals surface area contributed by atoms with Crippen molar-refractivity contribution in [2.24, 2.45) is 11.1 Å². The Kier molecular flexibility index (Phi) is 3.97. The Morgan fingerprint density at radius 2 is 2.28 bits per heavy atom. The Morgan fingerprint density at radius 3 is 2.83 bits per heavy atom. The molecule has 1 saturated heterocycles. The van der Waals surface area contributed by atoms with Crippen LogP contribution in [-0.4, -0.2) is 42.1 Å². The van der Waals surface area contributed by atoms with E-state index >= 15 is 0 Å². The number of amides is 1. The fourth-order valence-corrected chi connectivity index (χ4v) is 3.22. The van der Waals surface area contributed by atoms with Crippen LogP contribution in [0.15, 0.2) is 0 Å². The molecule has 4 atom stereocenters. The van der Waals surface area contributed by atoms with Crippen LogP contribution in [0.4, 0.5) is 0 Å². The molecule has 4 heteroatoms. The first-order valence-corrected chi connectivity index (χ1v) is 7.17. The summed E-state index contributed by atoms with van der Waals surface area (Å²) in [7, 11) is 0. The maximum absolute atomic E-state index is 12.8. The van der Waals surface area contributed by atoms with Crippen molar-refractivity contribution < 1.29 is 9.53 Å². The predicted molar refractivity (Wildman–Crippen MR) is 71.1 cm³/mol. The first kappa shape index (κ1) is 13.8. The van der Waals surface area contributed by atoms with Gasteiger partial charge in [-0.1, -0.05) is 13.3 Å². The molecule has 0 aromatic carbocycles. The normalized spacial score (nSPS) is 41.1. The molecule has 18 heavy (non-hydrogen) atoms. The quantitative estimate of drug-likeness (QED) is 0.813. The standard InChI is InChI=1S/C14H26N2O2/c1-4-11-9-18-10(2)8-16(11)13(17)14(3)7-5-6-12(14)15/h10-12H,4-9,15H2,1-3H3.